The number of nitro benzene ring substituents is 1. The molecular formula is C18H12Cl2N4O3S. The summed E-state index contributed by atoms with van der Waals surface area (Å²) in [6.45, 7) is 0. The number of halogens is 2. The monoisotopic (exact) mass is 434 g/mol. The number of nitro groups is 1. The number of amides is 1. The zero-order valence-corrected chi connectivity index (χ0v) is 16.5. The molecule has 1 heterocycles. The average Bonchev–Trinajstić information content (AvgIpc) is 2.66. The summed E-state index contributed by atoms with van der Waals surface area (Å²) in [5.74, 6) is -0.284. The third kappa shape index (κ3) is 5.41. The summed E-state index contributed by atoms with van der Waals surface area (Å²) in [4.78, 5) is 30.9. The maximum atomic E-state index is 12.1. The van der Waals surface area contributed by atoms with Crippen LogP contribution < -0.4 is 5.32 Å². The molecule has 1 aromatic heterocycles. The van der Waals surface area contributed by atoms with Gasteiger partial charge in [-0.1, -0.05) is 41.0 Å². The van der Waals surface area contributed by atoms with Crippen molar-refractivity contribution in [3.63, 3.8) is 0 Å². The van der Waals surface area contributed by atoms with Crippen molar-refractivity contribution in [2.45, 2.75) is 5.16 Å². The third-order valence-corrected chi connectivity index (χ3v) is 4.76. The van der Waals surface area contributed by atoms with Crippen LogP contribution in [0.1, 0.15) is 0 Å². The van der Waals surface area contributed by atoms with E-state index in [1.165, 1.54) is 18.2 Å². The summed E-state index contributed by atoms with van der Waals surface area (Å²) in [6, 6.07) is 12.5. The Kier molecular flexibility index (Phi) is 6.45. The lowest BCUT2D eigenvalue weighted by atomic mass is 10.1. The molecule has 3 rings (SSSR count). The maximum absolute atomic E-state index is 12.1. The number of benzene rings is 2. The van der Waals surface area contributed by atoms with E-state index < -0.39 is 4.92 Å². The highest BCUT2D eigenvalue weighted by Crippen LogP contribution is 2.27. The SMILES string of the molecule is O=C(CSc1nccc(-c2cc(Cl)cc(Cl)c2)n1)Nc1cccc([N+](=O)[O-])c1. The zero-order chi connectivity index (χ0) is 20.1. The number of nitrogens with zero attached hydrogens (tertiary/aromatic N) is 3. The van der Waals surface area contributed by atoms with Crippen LogP contribution in [0, 0.1) is 10.1 Å². The lowest BCUT2D eigenvalue weighted by Gasteiger charge is -2.06. The minimum absolute atomic E-state index is 0.0441. The van der Waals surface area contributed by atoms with Crippen molar-refractivity contribution < 1.29 is 9.72 Å². The van der Waals surface area contributed by atoms with E-state index in [0.29, 0.717) is 26.6 Å². The van der Waals surface area contributed by atoms with E-state index in [9.17, 15) is 14.9 Å². The van der Waals surface area contributed by atoms with Crippen LogP contribution in [0.4, 0.5) is 11.4 Å². The number of non-ortho nitro benzene ring substituents is 1. The number of carbonyl (C=O) groups is 1. The molecule has 0 unspecified atom stereocenters. The second kappa shape index (κ2) is 9.01. The molecule has 0 aliphatic carbocycles. The summed E-state index contributed by atoms with van der Waals surface area (Å²) in [5, 5.41) is 14.8. The average molecular weight is 435 g/mol. The highest BCUT2D eigenvalue weighted by atomic mass is 35.5. The fourth-order valence-electron chi connectivity index (χ4n) is 2.30. The minimum atomic E-state index is -0.522. The number of rotatable bonds is 6. The van der Waals surface area contributed by atoms with E-state index in [-0.39, 0.29) is 17.3 Å². The summed E-state index contributed by atoms with van der Waals surface area (Å²) < 4.78 is 0. The van der Waals surface area contributed by atoms with Crippen molar-refractivity contribution in [1.82, 2.24) is 9.97 Å². The first-order chi connectivity index (χ1) is 13.4. The smallest absolute Gasteiger partial charge is 0.271 e. The molecule has 0 saturated heterocycles. The van der Waals surface area contributed by atoms with Crippen molar-refractivity contribution in [2.24, 2.45) is 0 Å². The lowest BCUT2D eigenvalue weighted by molar-refractivity contribution is -0.384. The van der Waals surface area contributed by atoms with Crippen molar-refractivity contribution in [3.05, 3.63) is 74.9 Å². The Morgan fingerprint density at radius 1 is 1.14 bits per heavy atom. The maximum Gasteiger partial charge on any atom is 0.271 e. The Bertz CT molecular complexity index is 1030. The first kappa shape index (κ1) is 20.1. The summed E-state index contributed by atoms with van der Waals surface area (Å²) in [5.41, 5.74) is 1.62. The lowest BCUT2D eigenvalue weighted by Crippen LogP contribution is -2.14. The van der Waals surface area contributed by atoms with E-state index in [1.807, 2.05) is 0 Å². The van der Waals surface area contributed by atoms with Gasteiger partial charge in [-0.05, 0) is 30.3 Å². The molecule has 0 radical (unpaired) electrons. The molecular weight excluding hydrogens is 423 g/mol. The molecule has 0 atom stereocenters. The first-order valence-electron chi connectivity index (χ1n) is 7.87. The number of anilines is 1. The Balaban J connectivity index is 1.65. The number of aromatic nitrogens is 2. The molecule has 2 aromatic carbocycles. The molecule has 0 fully saturated rings. The predicted molar refractivity (Wildman–Crippen MR) is 110 cm³/mol. The zero-order valence-electron chi connectivity index (χ0n) is 14.1. The van der Waals surface area contributed by atoms with Crippen molar-refractivity contribution in [2.75, 3.05) is 11.1 Å². The molecule has 3 aromatic rings. The van der Waals surface area contributed by atoms with Gasteiger partial charge in [-0.25, -0.2) is 9.97 Å². The van der Waals surface area contributed by atoms with Crippen molar-refractivity contribution in [3.8, 4) is 11.3 Å². The van der Waals surface area contributed by atoms with Gasteiger partial charge in [0.05, 0.1) is 16.4 Å². The highest BCUT2D eigenvalue weighted by Gasteiger charge is 2.10. The number of hydrogen-bond acceptors (Lipinski definition) is 6. The van der Waals surface area contributed by atoms with E-state index >= 15 is 0 Å². The van der Waals surface area contributed by atoms with E-state index in [1.54, 1.807) is 36.5 Å². The summed E-state index contributed by atoms with van der Waals surface area (Å²) >= 11 is 13.2. The van der Waals surface area contributed by atoms with Crippen LogP contribution >= 0.6 is 35.0 Å². The Morgan fingerprint density at radius 2 is 1.89 bits per heavy atom. The van der Waals surface area contributed by atoms with Crippen LogP contribution in [0.25, 0.3) is 11.3 Å². The Labute approximate surface area is 174 Å². The molecule has 28 heavy (non-hydrogen) atoms. The molecule has 0 saturated carbocycles. The van der Waals surface area contributed by atoms with Gasteiger partial charge in [0.2, 0.25) is 5.91 Å². The first-order valence-corrected chi connectivity index (χ1v) is 9.61. The molecule has 7 nitrogen and oxygen atoms in total. The molecule has 142 valence electrons. The van der Waals surface area contributed by atoms with Crippen LogP contribution in [0.2, 0.25) is 10.0 Å². The van der Waals surface area contributed by atoms with Gasteiger partial charge < -0.3 is 5.32 Å². The molecule has 10 heteroatoms. The van der Waals surface area contributed by atoms with Crippen LogP contribution in [0.15, 0.2) is 59.9 Å². The fraction of sp³-hybridized carbons (Fsp3) is 0.0556. The largest absolute Gasteiger partial charge is 0.325 e. The number of nitrogens with one attached hydrogen (secondary N) is 1. The molecule has 0 aliphatic rings. The predicted octanol–water partition coefficient (Wildman–Crippen LogP) is 5.09. The van der Waals surface area contributed by atoms with E-state index in [2.05, 4.69) is 15.3 Å². The number of hydrogen-bond donors (Lipinski definition) is 1. The van der Waals surface area contributed by atoms with Gasteiger partial charge >= 0.3 is 0 Å². The second-order valence-corrected chi connectivity index (χ2v) is 7.34. The quantitative estimate of drug-likeness (QED) is 0.251. The van der Waals surface area contributed by atoms with Gasteiger partial charge in [0, 0.05) is 39.6 Å². The molecule has 0 aliphatic heterocycles. The van der Waals surface area contributed by atoms with Crippen LogP contribution in [-0.2, 0) is 4.79 Å². The molecule has 1 N–H and O–H groups in total. The van der Waals surface area contributed by atoms with Crippen LogP contribution in [-0.4, -0.2) is 26.6 Å². The molecule has 1 amide bonds. The van der Waals surface area contributed by atoms with E-state index in [0.717, 1.165) is 17.3 Å². The fourth-order valence-corrected chi connectivity index (χ4v) is 3.45. The standard InChI is InChI=1S/C18H12Cl2N4O3S/c19-12-6-11(7-13(20)8-12)16-4-5-21-18(23-16)28-10-17(25)22-14-2-1-3-15(9-14)24(26)27/h1-9H,10H2,(H,22,25). The van der Waals surface area contributed by atoms with Gasteiger partial charge in [-0.3, -0.25) is 14.9 Å². The summed E-state index contributed by atoms with van der Waals surface area (Å²) in [7, 11) is 0. The highest BCUT2D eigenvalue weighted by molar-refractivity contribution is 7.99. The third-order valence-electron chi connectivity index (χ3n) is 3.46. The van der Waals surface area contributed by atoms with Crippen LogP contribution in [0.5, 0.6) is 0 Å². The normalized spacial score (nSPS) is 10.5. The summed E-state index contributed by atoms with van der Waals surface area (Å²) in [6.07, 6.45) is 1.58. The molecule has 0 spiro atoms. The molecule has 0 bridgehead atoms. The second-order valence-electron chi connectivity index (χ2n) is 5.53. The minimum Gasteiger partial charge on any atom is -0.325 e. The van der Waals surface area contributed by atoms with Gasteiger partial charge in [-0.15, -0.1) is 0 Å². The van der Waals surface area contributed by atoms with Gasteiger partial charge in [0.1, 0.15) is 0 Å². The van der Waals surface area contributed by atoms with Gasteiger partial charge in [0.15, 0.2) is 5.16 Å². The number of thioether (sulfide) groups is 1. The van der Waals surface area contributed by atoms with Gasteiger partial charge in [-0.2, -0.15) is 0 Å². The topological polar surface area (TPSA) is 98.0 Å². The van der Waals surface area contributed by atoms with Gasteiger partial charge in [0.25, 0.3) is 5.69 Å². The van der Waals surface area contributed by atoms with Crippen molar-refractivity contribution in [1.29, 1.82) is 0 Å². The Hall–Kier alpha value is -2.68. The van der Waals surface area contributed by atoms with E-state index in [4.69, 9.17) is 23.2 Å². The van der Waals surface area contributed by atoms with Crippen LogP contribution in [0.3, 0.4) is 0 Å². The van der Waals surface area contributed by atoms with Crippen molar-refractivity contribution >= 4 is 52.2 Å². The Morgan fingerprint density at radius 3 is 2.61 bits per heavy atom. The number of carbonyl (C=O) groups excluding carboxylic acids is 1.